The molecular weight excluding hydrogens is 280 g/mol. The van der Waals surface area contributed by atoms with E-state index >= 15 is 0 Å². The number of halogens is 1. The molecule has 1 aromatic heterocycles. The summed E-state index contributed by atoms with van der Waals surface area (Å²) in [5, 5.41) is 0.765. The van der Waals surface area contributed by atoms with Gasteiger partial charge in [0.2, 0.25) is 0 Å². The lowest BCUT2D eigenvalue weighted by Gasteiger charge is -2.20. The standard InChI is InChI=1S/C9H13BrN2O2S/c1-14-5-4-12(3-2-10)9(13)8-6-11-7-15-8/h6-7H,2-5H2,1H3. The van der Waals surface area contributed by atoms with Crippen molar-refractivity contribution in [3.8, 4) is 0 Å². The largest absolute Gasteiger partial charge is 0.383 e. The number of methoxy groups -OCH3 is 1. The van der Waals surface area contributed by atoms with Crippen molar-refractivity contribution < 1.29 is 9.53 Å². The number of aromatic nitrogens is 1. The monoisotopic (exact) mass is 292 g/mol. The number of nitrogens with zero attached hydrogens (tertiary/aromatic N) is 2. The molecule has 0 unspecified atom stereocenters. The molecule has 0 saturated carbocycles. The summed E-state index contributed by atoms with van der Waals surface area (Å²) in [4.78, 5) is 18.2. The molecular formula is C9H13BrN2O2S. The highest BCUT2D eigenvalue weighted by Crippen LogP contribution is 2.09. The molecule has 0 atom stereocenters. The van der Waals surface area contributed by atoms with Crippen molar-refractivity contribution in [1.29, 1.82) is 0 Å². The number of hydrogen-bond acceptors (Lipinski definition) is 4. The smallest absolute Gasteiger partial charge is 0.265 e. The highest BCUT2D eigenvalue weighted by molar-refractivity contribution is 9.09. The summed E-state index contributed by atoms with van der Waals surface area (Å²) in [5.41, 5.74) is 1.66. The van der Waals surface area contributed by atoms with Gasteiger partial charge in [0.15, 0.2) is 0 Å². The van der Waals surface area contributed by atoms with Gasteiger partial charge in [-0.1, -0.05) is 15.9 Å². The van der Waals surface area contributed by atoms with Crippen LogP contribution in [0, 0.1) is 0 Å². The van der Waals surface area contributed by atoms with Crippen LogP contribution in [0.1, 0.15) is 9.67 Å². The lowest BCUT2D eigenvalue weighted by Crippen LogP contribution is -2.35. The third-order valence-electron chi connectivity index (χ3n) is 1.85. The Bertz CT molecular complexity index is 292. The van der Waals surface area contributed by atoms with Crippen LogP contribution in [0.15, 0.2) is 11.7 Å². The number of thiazole rings is 1. The molecule has 1 rings (SSSR count). The van der Waals surface area contributed by atoms with Gasteiger partial charge in [-0.05, 0) is 0 Å². The fourth-order valence-electron chi connectivity index (χ4n) is 1.10. The molecule has 0 radical (unpaired) electrons. The molecule has 6 heteroatoms. The first-order chi connectivity index (χ1) is 7.29. The zero-order valence-corrected chi connectivity index (χ0v) is 10.9. The third kappa shape index (κ3) is 3.89. The van der Waals surface area contributed by atoms with Gasteiger partial charge in [0.05, 0.1) is 18.3 Å². The van der Waals surface area contributed by atoms with Gasteiger partial charge in [-0.2, -0.15) is 0 Å². The molecule has 15 heavy (non-hydrogen) atoms. The van der Waals surface area contributed by atoms with Crippen LogP contribution in [0.4, 0.5) is 0 Å². The Labute approximate surface area is 101 Å². The van der Waals surface area contributed by atoms with E-state index in [0.717, 1.165) is 5.33 Å². The summed E-state index contributed by atoms with van der Waals surface area (Å²) in [6, 6.07) is 0. The van der Waals surface area contributed by atoms with Crippen molar-refractivity contribution in [2.75, 3.05) is 32.1 Å². The summed E-state index contributed by atoms with van der Waals surface area (Å²) in [6.07, 6.45) is 1.60. The zero-order valence-electron chi connectivity index (χ0n) is 8.48. The van der Waals surface area contributed by atoms with Gasteiger partial charge in [0, 0.05) is 25.5 Å². The third-order valence-corrected chi connectivity index (χ3v) is 2.97. The summed E-state index contributed by atoms with van der Waals surface area (Å²) in [7, 11) is 1.63. The molecule has 0 fully saturated rings. The van der Waals surface area contributed by atoms with E-state index in [0.29, 0.717) is 24.6 Å². The molecule has 84 valence electrons. The molecule has 0 N–H and O–H groups in total. The summed E-state index contributed by atoms with van der Waals surface area (Å²) < 4.78 is 4.96. The van der Waals surface area contributed by atoms with Gasteiger partial charge in [-0.3, -0.25) is 9.78 Å². The number of alkyl halides is 1. The lowest BCUT2D eigenvalue weighted by atomic mass is 10.4. The highest BCUT2D eigenvalue weighted by Gasteiger charge is 2.15. The van der Waals surface area contributed by atoms with E-state index in [9.17, 15) is 4.79 Å². The van der Waals surface area contributed by atoms with E-state index in [-0.39, 0.29) is 5.91 Å². The van der Waals surface area contributed by atoms with Crippen molar-refractivity contribution in [2.45, 2.75) is 0 Å². The molecule has 1 heterocycles. The Kier molecular flexibility index (Phi) is 5.82. The Morgan fingerprint density at radius 1 is 1.67 bits per heavy atom. The van der Waals surface area contributed by atoms with Crippen molar-refractivity contribution >= 4 is 33.2 Å². The van der Waals surface area contributed by atoms with E-state index in [4.69, 9.17) is 4.74 Å². The van der Waals surface area contributed by atoms with Crippen molar-refractivity contribution in [2.24, 2.45) is 0 Å². The predicted molar refractivity (Wildman–Crippen MR) is 63.7 cm³/mol. The molecule has 0 saturated heterocycles. The molecule has 1 aromatic rings. The molecule has 4 nitrogen and oxygen atoms in total. The lowest BCUT2D eigenvalue weighted by molar-refractivity contribution is 0.0713. The van der Waals surface area contributed by atoms with Crippen LogP contribution in [0.5, 0.6) is 0 Å². The van der Waals surface area contributed by atoms with Gasteiger partial charge >= 0.3 is 0 Å². The van der Waals surface area contributed by atoms with E-state index < -0.39 is 0 Å². The van der Waals surface area contributed by atoms with Gasteiger partial charge < -0.3 is 9.64 Å². The van der Waals surface area contributed by atoms with Gasteiger partial charge in [0.25, 0.3) is 5.91 Å². The minimum Gasteiger partial charge on any atom is -0.383 e. The maximum Gasteiger partial charge on any atom is 0.265 e. The van der Waals surface area contributed by atoms with Crippen molar-refractivity contribution in [1.82, 2.24) is 9.88 Å². The van der Waals surface area contributed by atoms with E-state index in [1.165, 1.54) is 11.3 Å². The topological polar surface area (TPSA) is 42.4 Å². The van der Waals surface area contributed by atoms with Gasteiger partial charge in [-0.15, -0.1) is 11.3 Å². The quantitative estimate of drug-likeness (QED) is 0.749. The number of amides is 1. The molecule has 0 spiro atoms. The number of rotatable bonds is 6. The molecule has 0 aliphatic carbocycles. The average Bonchev–Trinajstić information content (AvgIpc) is 2.76. The second kappa shape index (κ2) is 6.92. The summed E-state index contributed by atoms with van der Waals surface area (Å²) in [5.74, 6) is 0.0222. The Balaban J connectivity index is 2.58. The van der Waals surface area contributed by atoms with Crippen LogP contribution < -0.4 is 0 Å². The first-order valence-corrected chi connectivity index (χ1v) is 6.52. The Morgan fingerprint density at radius 2 is 2.47 bits per heavy atom. The molecule has 0 aromatic carbocycles. The molecule has 0 aliphatic rings. The number of carbonyl (C=O) groups is 1. The second-order valence-corrected chi connectivity index (χ2v) is 4.52. The van der Waals surface area contributed by atoms with Crippen LogP contribution in [-0.4, -0.2) is 47.9 Å². The van der Waals surface area contributed by atoms with Crippen LogP contribution in [0.25, 0.3) is 0 Å². The van der Waals surface area contributed by atoms with E-state index in [2.05, 4.69) is 20.9 Å². The maximum atomic E-state index is 11.9. The molecule has 0 bridgehead atoms. The Morgan fingerprint density at radius 3 is 3.00 bits per heavy atom. The van der Waals surface area contributed by atoms with Crippen molar-refractivity contribution in [3.05, 3.63) is 16.6 Å². The number of ether oxygens (including phenoxy) is 1. The second-order valence-electron chi connectivity index (χ2n) is 2.84. The average molecular weight is 293 g/mol. The van der Waals surface area contributed by atoms with Crippen LogP contribution in [0.2, 0.25) is 0 Å². The van der Waals surface area contributed by atoms with Gasteiger partial charge in [-0.25, -0.2) is 0 Å². The van der Waals surface area contributed by atoms with Gasteiger partial charge in [0.1, 0.15) is 4.88 Å². The summed E-state index contributed by atoms with van der Waals surface area (Å²) >= 11 is 4.69. The number of carbonyl (C=O) groups excluding carboxylic acids is 1. The normalized spacial score (nSPS) is 10.3. The van der Waals surface area contributed by atoms with Crippen LogP contribution in [0.3, 0.4) is 0 Å². The highest BCUT2D eigenvalue weighted by atomic mass is 79.9. The zero-order chi connectivity index (χ0) is 11.1. The summed E-state index contributed by atoms with van der Waals surface area (Å²) in [6.45, 7) is 1.84. The fourth-order valence-corrected chi connectivity index (χ4v) is 2.11. The minimum absolute atomic E-state index is 0.0222. The first kappa shape index (κ1) is 12.6. The minimum atomic E-state index is 0.0222. The molecule has 1 amide bonds. The Hall–Kier alpha value is -0.460. The first-order valence-electron chi connectivity index (χ1n) is 4.52. The number of hydrogen-bond donors (Lipinski definition) is 0. The fraction of sp³-hybridized carbons (Fsp3) is 0.556. The predicted octanol–water partition coefficient (Wildman–Crippen LogP) is 1.63. The van der Waals surface area contributed by atoms with E-state index in [1.54, 1.807) is 23.7 Å². The van der Waals surface area contributed by atoms with Crippen molar-refractivity contribution in [3.63, 3.8) is 0 Å². The van der Waals surface area contributed by atoms with Crippen LogP contribution in [-0.2, 0) is 4.74 Å². The SMILES string of the molecule is COCCN(CCBr)C(=O)c1cncs1. The molecule has 0 aliphatic heterocycles. The van der Waals surface area contributed by atoms with Crippen LogP contribution >= 0.6 is 27.3 Å². The maximum absolute atomic E-state index is 11.9. The van der Waals surface area contributed by atoms with E-state index in [1.807, 2.05) is 0 Å².